The number of hydrogen-bond donors (Lipinski definition) is 1. The Bertz CT molecular complexity index is 653. The van der Waals surface area contributed by atoms with Gasteiger partial charge in [-0.25, -0.2) is 0 Å². The van der Waals surface area contributed by atoms with E-state index in [9.17, 15) is 4.79 Å². The molecule has 0 aliphatic carbocycles. The second kappa shape index (κ2) is 8.35. The minimum absolute atomic E-state index is 0.0624. The summed E-state index contributed by atoms with van der Waals surface area (Å²) in [6.07, 6.45) is 3.80. The fraction of sp³-hybridized carbons (Fsp3) is 0.222. The molecule has 114 valence electrons. The highest BCUT2D eigenvalue weighted by Gasteiger charge is 2.13. The van der Waals surface area contributed by atoms with Gasteiger partial charge in [0, 0.05) is 22.7 Å². The predicted molar refractivity (Wildman–Crippen MR) is 93.2 cm³/mol. The number of aliphatic imine (C=N–C) groups is 1. The van der Waals surface area contributed by atoms with Crippen molar-refractivity contribution in [3.8, 4) is 0 Å². The maximum absolute atomic E-state index is 12.6. The third-order valence-electron chi connectivity index (χ3n) is 3.21. The zero-order chi connectivity index (χ0) is 15.8. The van der Waals surface area contributed by atoms with Crippen molar-refractivity contribution >= 4 is 29.4 Å². The molecule has 1 N–H and O–H groups in total. The van der Waals surface area contributed by atoms with Gasteiger partial charge in [0.1, 0.15) is 0 Å². The fourth-order valence-corrected chi connectivity index (χ4v) is 2.18. The molecule has 0 amide bonds. The van der Waals surface area contributed by atoms with Crippen molar-refractivity contribution in [3.05, 3.63) is 64.7 Å². The molecular weight excluding hydrogens is 296 g/mol. The smallest absolute Gasteiger partial charge is 0.195 e. The van der Waals surface area contributed by atoms with Crippen molar-refractivity contribution in [2.24, 2.45) is 4.99 Å². The van der Waals surface area contributed by atoms with Gasteiger partial charge in [0.15, 0.2) is 5.78 Å². The van der Waals surface area contributed by atoms with E-state index in [-0.39, 0.29) is 5.78 Å². The van der Waals surface area contributed by atoms with Crippen LogP contribution < -0.4 is 5.32 Å². The topological polar surface area (TPSA) is 41.5 Å². The van der Waals surface area contributed by atoms with Crippen LogP contribution in [0.25, 0.3) is 0 Å². The maximum atomic E-state index is 12.6. The molecule has 0 spiro atoms. The van der Waals surface area contributed by atoms with E-state index < -0.39 is 0 Å². The average Bonchev–Trinajstić information content (AvgIpc) is 2.56. The summed E-state index contributed by atoms with van der Waals surface area (Å²) in [4.78, 5) is 16.9. The summed E-state index contributed by atoms with van der Waals surface area (Å²) < 4.78 is 0. The van der Waals surface area contributed by atoms with E-state index in [2.05, 4.69) is 17.2 Å². The van der Waals surface area contributed by atoms with Gasteiger partial charge in [-0.2, -0.15) is 0 Å². The first-order valence-corrected chi connectivity index (χ1v) is 7.74. The highest BCUT2D eigenvalue weighted by molar-refractivity contribution is 6.31. The second-order valence-corrected chi connectivity index (χ2v) is 5.35. The van der Waals surface area contributed by atoms with Crippen molar-refractivity contribution in [2.75, 3.05) is 11.9 Å². The Morgan fingerprint density at radius 2 is 2.00 bits per heavy atom. The van der Waals surface area contributed by atoms with Gasteiger partial charge in [-0.1, -0.05) is 55.3 Å². The molecule has 0 saturated carbocycles. The minimum Gasteiger partial charge on any atom is -0.346 e. The number of nitrogens with zero attached hydrogens (tertiary/aromatic N) is 1. The number of benzene rings is 2. The van der Waals surface area contributed by atoms with Crippen LogP contribution in [0, 0.1) is 0 Å². The SMILES string of the molecule is CCCCN=CNc1ccc(Cl)cc1C(=O)c1ccccc1. The Morgan fingerprint density at radius 1 is 1.23 bits per heavy atom. The largest absolute Gasteiger partial charge is 0.346 e. The monoisotopic (exact) mass is 314 g/mol. The number of ketones is 1. The van der Waals surface area contributed by atoms with Crippen molar-refractivity contribution in [3.63, 3.8) is 0 Å². The number of unbranched alkanes of at least 4 members (excludes halogenated alkanes) is 1. The molecule has 0 aromatic heterocycles. The molecule has 0 fully saturated rings. The minimum atomic E-state index is -0.0624. The van der Waals surface area contributed by atoms with Crippen LogP contribution in [-0.4, -0.2) is 18.7 Å². The summed E-state index contributed by atoms with van der Waals surface area (Å²) in [5.74, 6) is -0.0624. The van der Waals surface area contributed by atoms with E-state index in [4.69, 9.17) is 11.6 Å². The van der Waals surface area contributed by atoms with Gasteiger partial charge in [0.05, 0.1) is 12.0 Å². The zero-order valence-corrected chi connectivity index (χ0v) is 13.3. The molecule has 3 nitrogen and oxygen atoms in total. The molecule has 2 rings (SSSR count). The number of nitrogens with one attached hydrogen (secondary N) is 1. The Kier molecular flexibility index (Phi) is 6.16. The van der Waals surface area contributed by atoms with E-state index in [1.165, 1.54) is 0 Å². The quantitative estimate of drug-likeness (QED) is 0.345. The molecule has 0 radical (unpaired) electrons. The molecular formula is C18H19ClN2O. The van der Waals surface area contributed by atoms with E-state index >= 15 is 0 Å². The van der Waals surface area contributed by atoms with Crippen molar-refractivity contribution in [1.82, 2.24) is 0 Å². The molecule has 2 aromatic rings. The average molecular weight is 315 g/mol. The van der Waals surface area contributed by atoms with Crippen LogP contribution in [-0.2, 0) is 0 Å². The first-order valence-electron chi connectivity index (χ1n) is 7.36. The molecule has 0 aliphatic heterocycles. The Balaban J connectivity index is 2.21. The first kappa shape index (κ1) is 16.2. The van der Waals surface area contributed by atoms with Crippen LogP contribution in [0.1, 0.15) is 35.7 Å². The molecule has 4 heteroatoms. The lowest BCUT2D eigenvalue weighted by Gasteiger charge is -2.09. The number of halogens is 1. The van der Waals surface area contributed by atoms with Gasteiger partial charge in [-0.15, -0.1) is 0 Å². The third kappa shape index (κ3) is 4.43. The van der Waals surface area contributed by atoms with Crippen molar-refractivity contribution < 1.29 is 4.79 Å². The summed E-state index contributed by atoms with van der Waals surface area (Å²) in [5, 5.41) is 3.61. The van der Waals surface area contributed by atoms with E-state index in [1.54, 1.807) is 36.7 Å². The van der Waals surface area contributed by atoms with Gasteiger partial charge >= 0.3 is 0 Å². The van der Waals surface area contributed by atoms with Crippen LogP contribution in [0.2, 0.25) is 5.02 Å². The van der Waals surface area contributed by atoms with Crippen LogP contribution in [0.3, 0.4) is 0 Å². The third-order valence-corrected chi connectivity index (χ3v) is 3.45. The second-order valence-electron chi connectivity index (χ2n) is 4.92. The van der Waals surface area contributed by atoms with E-state index in [1.807, 2.05) is 18.2 Å². The lowest BCUT2D eigenvalue weighted by molar-refractivity contribution is 0.103. The van der Waals surface area contributed by atoms with Gasteiger partial charge in [0.25, 0.3) is 0 Å². The number of anilines is 1. The van der Waals surface area contributed by atoms with Gasteiger partial charge in [-0.3, -0.25) is 9.79 Å². The lowest BCUT2D eigenvalue weighted by Crippen LogP contribution is -2.07. The summed E-state index contributed by atoms with van der Waals surface area (Å²) in [5.41, 5.74) is 1.88. The Morgan fingerprint density at radius 3 is 2.73 bits per heavy atom. The zero-order valence-electron chi connectivity index (χ0n) is 12.6. The summed E-state index contributed by atoms with van der Waals surface area (Å²) >= 11 is 6.04. The number of carbonyl (C=O) groups excluding carboxylic acids is 1. The summed E-state index contributed by atoms with van der Waals surface area (Å²) in [6.45, 7) is 2.90. The van der Waals surface area contributed by atoms with Gasteiger partial charge in [-0.05, 0) is 24.6 Å². The van der Waals surface area contributed by atoms with Crippen LogP contribution in [0.15, 0.2) is 53.5 Å². The van der Waals surface area contributed by atoms with Gasteiger partial charge < -0.3 is 5.32 Å². The highest BCUT2D eigenvalue weighted by Crippen LogP contribution is 2.23. The van der Waals surface area contributed by atoms with Gasteiger partial charge in [0.2, 0.25) is 0 Å². The van der Waals surface area contributed by atoms with Crippen LogP contribution >= 0.6 is 11.6 Å². The molecule has 2 aromatic carbocycles. The normalized spacial score (nSPS) is 10.8. The van der Waals surface area contributed by atoms with Crippen LogP contribution in [0.4, 0.5) is 5.69 Å². The summed E-state index contributed by atoms with van der Waals surface area (Å²) in [6, 6.07) is 14.4. The molecule has 0 aliphatic rings. The number of hydrogen-bond acceptors (Lipinski definition) is 2. The van der Waals surface area contributed by atoms with Crippen LogP contribution in [0.5, 0.6) is 0 Å². The predicted octanol–water partition coefficient (Wildman–Crippen LogP) is 4.81. The molecule has 0 bridgehead atoms. The van der Waals surface area contributed by atoms with E-state index in [0.29, 0.717) is 21.8 Å². The molecule has 0 atom stereocenters. The maximum Gasteiger partial charge on any atom is 0.195 e. The molecule has 0 unspecified atom stereocenters. The molecule has 22 heavy (non-hydrogen) atoms. The van der Waals surface area contributed by atoms with E-state index in [0.717, 1.165) is 19.4 Å². The first-order chi connectivity index (χ1) is 10.7. The standard InChI is InChI=1S/C18H19ClN2O/c1-2-3-11-20-13-21-17-10-9-15(19)12-16(17)18(22)14-7-5-4-6-8-14/h4-10,12-13H,2-3,11H2,1H3,(H,20,21). The van der Waals surface area contributed by atoms with Crippen molar-refractivity contribution in [2.45, 2.75) is 19.8 Å². The fourth-order valence-electron chi connectivity index (χ4n) is 2.00. The number of carbonyl (C=O) groups is 1. The lowest BCUT2D eigenvalue weighted by atomic mass is 10.0. The summed E-state index contributed by atoms with van der Waals surface area (Å²) in [7, 11) is 0. The number of rotatable bonds is 7. The highest BCUT2D eigenvalue weighted by atomic mass is 35.5. The Labute approximate surface area is 136 Å². The Hall–Kier alpha value is -2.13. The van der Waals surface area contributed by atoms with Crippen molar-refractivity contribution in [1.29, 1.82) is 0 Å². The molecule has 0 heterocycles. The molecule has 0 saturated heterocycles.